The number of halogens is 2. The van der Waals surface area contributed by atoms with Crippen molar-refractivity contribution < 1.29 is 14.3 Å². The molecule has 0 atom stereocenters. The zero-order chi connectivity index (χ0) is 17.4. The molecule has 0 fully saturated rings. The molecule has 0 aliphatic heterocycles. The highest BCUT2D eigenvalue weighted by molar-refractivity contribution is 6.30. The molecule has 124 valence electrons. The normalized spacial score (nSPS) is 11.2. The Balaban J connectivity index is 2.20. The van der Waals surface area contributed by atoms with Crippen LogP contribution in [0.2, 0.25) is 5.02 Å². The molecular formula is C19H17ClFNO2. The zero-order valence-corrected chi connectivity index (χ0v) is 14.2. The van der Waals surface area contributed by atoms with E-state index in [0.29, 0.717) is 22.6 Å². The molecule has 0 spiro atoms. The Morgan fingerprint density at radius 3 is 2.67 bits per heavy atom. The number of carboxylic acids is 1. The fourth-order valence-electron chi connectivity index (χ4n) is 3.07. The summed E-state index contributed by atoms with van der Waals surface area (Å²) >= 11 is 6.04. The second kappa shape index (κ2) is 6.29. The molecule has 1 heterocycles. The Kier molecular flexibility index (Phi) is 4.33. The second-order valence-corrected chi connectivity index (χ2v) is 6.41. The van der Waals surface area contributed by atoms with E-state index in [1.165, 1.54) is 6.07 Å². The predicted octanol–water partition coefficient (Wildman–Crippen LogP) is 4.73. The molecule has 24 heavy (non-hydrogen) atoms. The smallest absolute Gasteiger partial charge is 0.307 e. The third-order valence-electron chi connectivity index (χ3n) is 4.29. The Hall–Kier alpha value is -2.33. The van der Waals surface area contributed by atoms with Crippen LogP contribution in [0, 0.1) is 19.7 Å². The number of carboxylic acid groups (broad SMARTS) is 1. The van der Waals surface area contributed by atoms with Gasteiger partial charge in [0.1, 0.15) is 5.82 Å². The van der Waals surface area contributed by atoms with Gasteiger partial charge in [0.15, 0.2) is 0 Å². The van der Waals surface area contributed by atoms with Gasteiger partial charge in [-0.05, 0) is 54.8 Å². The zero-order valence-electron chi connectivity index (χ0n) is 13.4. The van der Waals surface area contributed by atoms with Crippen LogP contribution in [0.1, 0.15) is 22.4 Å². The van der Waals surface area contributed by atoms with Crippen LogP contribution in [0.25, 0.3) is 10.9 Å². The fourth-order valence-corrected chi connectivity index (χ4v) is 3.28. The first kappa shape index (κ1) is 16.5. The highest BCUT2D eigenvalue weighted by Gasteiger charge is 2.18. The monoisotopic (exact) mass is 345 g/mol. The van der Waals surface area contributed by atoms with Crippen LogP contribution in [-0.4, -0.2) is 15.6 Å². The van der Waals surface area contributed by atoms with Crippen LogP contribution >= 0.6 is 11.6 Å². The van der Waals surface area contributed by atoms with Gasteiger partial charge in [0.2, 0.25) is 0 Å². The fraction of sp³-hybridized carbons (Fsp3) is 0.211. The van der Waals surface area contributed by atoms with Gasteiger partial charge < -0.3 is 9.67 Å². The maximum Gasteiger partial charge on any atom is 0.307 e. The number of rotatable bonds is 4. The molecule has 0 radical (unpaired) electrons. The number of nitrogens with zero attached hydrogens (tertiary/aromatic N) is 1. The number of hydrogen-bond donors (Lipinski definition) is 1. The molecule has 0 saturated carbocycles. The number of aliphatic carboxylic acids is 1. The summed E-state index contributed by atoms with van der Waals surface area (Å²) in [6, 6.07) is 10.7. The topological polar surface area (TPSA) is 42.2 Å². The summed E-state index contributed by atoms with van der Waals surface area (Å²) in [5, 5.41) is 10.6. The van der Waals surface area contributed by atoms with Crippen LogP contribution in [0.5, 0.6) is 0 Å². The van der Waals surface area contributed by atoms with Crippen LogP contribution in [0.15, 0.2) is 36.4 Å². The van der Waals surface area contributed by atoms with Crippen molar-refractivity contribution in [1.29, 1.82) is 0 Å². The number of aromatic nitrogens is 1. The van der Waals surface area contributed by atoms with Crippen LogP contribution < -0.4 is 0 Å². The SMILES string of the molecule is Cc1cc2c(CC(=O)O)c(C)n(Cc3cccc(Cl)c3)c2cc1F. The van der Waals surface area contributed by atoms with Crippen molar-refractivity contribution >= 4 is 28.5 Å². The first-order valence-electron chi connectivity index (χ1n) is 7.61. The van der Waals surface area contributed by atoms with Gasteiger partial charge in [-0.3, -0.25) is 4.79 Å². The average molecular weight is 346 g/mol. The molecule has 0 bridgehead atoms. The van der Waals surface area contributed by atoms with Crippen molar-refractivity contribution in [1.82, 2.24) is 4.57 Å². The molecule has 0 unspecified atom stereocenters. The van der Waals surface area contributed by atoms with Crippen molar-refractivity contribution in [3.63, 3.8) is 0 Å². The Labute approximate surface area is 144 Å². The van der Waals surface area contributed by atoms with E-state index in [-0.39, 0.29) is 12.2 Å². The van der Waals surface area contributed by atoms with E-state index in [4.69, 9.17) is 11.6 Å². The molecule has 0 amide bonds. The standard InChI is InChI=1S/C19H17ClFNO2/c1-11-6-16-15(8-19(23)24)12(2)22(18(16)9-17(11)21)10-13-4-3-5-14(20)7-13/h3-7,9H,8,10H2,1-2H3,(H,23,24). The molecule has 3 aromatic rings. The number of carbonyl (C=O) groups is 1. The number of hydrogen-bond acceptors (Lipinski definition) is 1. The molecule has 0 aliphatic carbocycles. The lowest BCUT2D eigenvalue weighted by atomic mass is 10.1. The summed E-state index contributed by atoms with van der Waals surface area (Å²) in [6.45, 7) is 4.06. The molecule has 3 nitrogen and oxygen atoms in total. The molecule has 3 rings (SSSR count). The predicted molar refractivity (Wildman–Crippen MR) is 93.3 cm³/mol. The van der Waals surface area contributed by atoms with Gasteiger partial charge >= 0.3 is 5.97 Å². The quantitative estimate of drug-likeness (QED) is 0.743. The minimum atomic E-state index is -0.901. The van der Waals surface area contributed by atoms with Gasteiger partial charge in [0.05, 0.1) is 11.9 Å². The largest absolute Gasteiger partial charge is 0.481 e. The second-order valence-electron chi connectivity index (χ2n) is 5.97. The van der Waals surface area contributed by atoms with Crippen LogP contribution in [-0.2, 0) is 17.8 Å². The summed E-state index contributed by atoms with van der Waals surface area (Å²) in [5.41, 5.74) is 3.74. The summed E-state index contributed by atoms with van der Waals surface area (Å²) in [6.07, 6.45) is -0.0873. The summed E-state index contributed by atoms with van der Waals surface area (Å²) in [7, 11) is 0. The van der Waals surface area contributed by atoms with Crippen molar-refractivity contribution in [3.8, 4) is 0 Å². The van der Waals surface area contributed by atoms with Crippen LogP contribution in [0.4, 0.5) is 4.39 Å². The van der Waals surface area contributed by atoms with E-state index in [1.807, 2.05) is 29.7 Å². The van der Waals surface area contributed by atoms with Gasteiger partial charge in [-0.15, -0.1) is 0 Å². The molecular weight excluding hydrogens is 329 g/mol. The number of benzene rings is 2. The first-order chi connectivity index (χ1) is 11.4. The number of aryl methyl sites for hydroxylation is 1. The van der Waals surface area contributed by atoms with E-state index >= 15 is 0 Å². The first-order valence-corrected chi connectivity index (χ1v) is 7.98. The van der Waals surface area contributed by atoms with E-state index in [0.717, 1.165) is 22.2 Å². The van der Waals surface area contributed by atoms with E-state index in [2.05, 4.69) is 0 Å². The molecule has 0 saturated heterocycles. The van der Waals surface area contributed by atoms with E-state index in [1.54, 1.807) is 19.1 Å². The lowest BCUT2D eigenvalue weighted by Crippen LogP contribution is -2.05. The van der Waals surface area contributed by atoms with Gasteiger partial charge in [-0.1, -0.05) is 23.7 Å². The van der Waals surface area contributed by atoms with E-state index < -0.39 is 5.97 Å². The molecule has 1 N–H and O–H groups in total. The molecule has 1 aromatic heterocycles. The Morgan fingerprint density at radius 1 is 1.25 bits per heavy atom. The van der Waals surface area contributed by atoms with Gasteiger partial charge in [-0.25, -0.2) is 4.39 Å². The third kappa shape index (κ3) is 3.02. The Bertz CT molecular complexity index is 946. The van der Waals surface area contributed by atoms with Gasteiger partial charge in [-0.2, -0.15) is 0 Å². The summed E-state index contributed by atoms with van der Waals surface area (Å²) in [4.78, 5) is 11.2. The van der Waals surface area contributed by atoms with E-state index in [9.17, 15) is 14.3 Å². The highest BCUT2D eigenvalue weighted by Crippen LogP contribution is 2.30. The van der Waals surface area contributed by atoms with Gasteiger partial charge in [0.25, 0.3) is 0 Å². The molecule has 2 aromatic carbocycles. The Morgan fingerprint density at radius 2 is 2.00 bits per heavy atom. The molecule has 5 heteroatoms. The van der Waals surface area contributed by atoms with Crippen molar-refractivity contribution in [2.24, 2.45) is 0 Å². The van der Waals surface area contributed by atoms with Crippen molar-refractivity contribution in [2.75, 3.05) is 0 Å². The lowest BCUT2D eigenvalue weighted by molar-refractivity contribution is -0.136. The van der Waals surface area contributed by atoms with Crippen molar-refractivity contribution in [3.05, 3.63) is 69.6 Å². The summed E-state index contributed by atoms with van der Waals surface area (Å²) < 4.78 is 16.0. The van der Waals surface area contributed by atoms with Crippen LogP contribution in [0.3, 0.4) is 0 Å². The summed E-state index contributed by atoms with van der Waals surface area (Å²) in [5.74, 6) is -1.20. The number of fused-ring (bicyclic) bond motifs is 1. The third-order valence-corrected chi connectivity index (χ3v) is 4.53. The van der Waals surface area contributed by atoms with Crippen molar-refractivity contribution in [2.45, 2.75) is 26.8 Å². The lowest BCUT2D eigenvalue weighted by Gasteiger charge is -2.10. The molecule has 0 aliphatic rings. The average Bonchev–Trinajstić information content (AvgIpc) is 2.73. The minimum Gasteiger partial charge on any atom is -0.481 e. The highest BCUT2D eigenvalue weighted by atomic mass is 35.5. The van der Waals surface area contributed by atoms with Gasteiger partial charge in [0, 0.05) is 22.6 Å². The maximum absolute atomic E-state index is 14.1. The minimum absolute atomic E-state index is 0.0873. The maximum atomic E-state index is 14.1.